The molecule has 2 bridgehead atoms. The van der Waals surface area contributed by atoms with Gasteiger partial charge >= 0.3 is 30.2 Å². The number of halogens is 8. The zero-order valence-electron chi connectivity index (χ0n) is 21.8. The molecule has 6 atom stereocenters. The summed E-state index contributed by atoms with van der Waals surface area (Å²) in [7, 11) is 0. The molecule has 3 aliphatic carbocycles. The van der Waals surface area contributed by atoms with Gasteiger partial charge in [0, 0.05) is 12.2 Å². The van der Waals surface area contributed by atoms with Gasteiger partial charge in [-0.2, -0.15) is 22.0 Å². The lowest BCUT2D eigenvalue weighted by Gasteiger charge is -2.32. The van der Waals surface area contributed by atoms with E-state index in [4.69, 9.17) is 0 Å². The molecule has 1 fully saturated rings. The summed E-state index contributed by atoms with van der Waals surface area (Å²) in [6.45, 7) is 4.54. The Labute approximate surface area is 234 Å². The average Bonchev–Trinajstić information content (AvgIpc) is 3.59. The minimum absolute atomic E-state index is 0.0996. The van der Waals surface area contributed by atoms with Crippen molar-refractivity contribution in [3.05, 3.63) is 60.5 Å². The molecule has 0 N–H and O–H groups in total. The molecule has 7 nitrogen and oxygen atoms in total. The van der Waals surface area contributed by atoms with Crippen LogP contribution in [0, 0.1) is 23.2 Å². The fourth-order valence-electron chi connectivity index (χ4n) is 4.42. The summed E-state index contributed by atoms with van der Waals surface area (Å²) in [5, 5.41) is 10.4. The molecule has 232 valence electrons. The molecule has 6 unspecified atom stereocenters. The van der Waals surface area contributed by atoms with Crippen molar-refractivity contribution in [1.29, 1.82) is 0 Å². The first kappa shape index (κ1) is 34.4. The van der Waals surface area contributed by atoms with Gasteiger partial charge in [-0.05, 0) is 55.7 Å². The summed E-state index contributed by atoms with van der Waals surface area (Å²) < 4.78 is 109. The van der Waals surface area contributed by atoms with Crippen molar-refractivity contribution in [1.82, 2.24) is 0 Å². The molecule has 0 aromatic carbocycles. The highest BCUT2D eigenvalue weighted by Crippen LogP contribution is 2.45. The molecule has 0 aromatic rings. The van der Waals surface area contributed by atoms with Gasteiger partial charge in [0.25, 0.3) is 0 Å². The van der Waals surface area contributed by atoms with Crippen molar-refractivity contribution in [2.45, 2.75) is 57.2 Å². The fourth-order valence-corrected chi connectivity index (χ4v) is 4.42. The standard InChI is InChI=1S/C12H12F6O2.C11H12F2O2.C4H2O3/c13-9(5-11(14,15)16)12(17,18)20-10(19)8-4-6-1-2-7(8)3-6;1-7(10(14)15)6-11(2)8(12)4-3-5-9(11)13;5-3-1-2-4(6)7-3/h1-2,6-9H,3-5H2;3-5,8H,1,6H2,2H3,(H,14,15);1-2H/p-1. The van der Waals surface area contributed by atoms with Crippen molar-refractivity contribution in [3.8, 4) is 0 Å². The lowest BCUT2D eigenvalue weighted by atomic mass is 9.76. The van der Waals surface area contributed by atoms with E-state index in [0.29, 0.717) is 12.8 Å². The summed E-state index contributed by atoms with van der Waals surface area (Å²) >= 11 is 0. The number of alkyl halides is 7. The maximum atomic E-state index is 13.5. The molecule has 4 aliphatic rings. The minimum Gasteiger partial charge on any atom is -0.545 e. The third kappa shape index (κ3) is 9.38. The van der Waals surface area contributed by atoms with Gasteiger partial charge in [-0.1, -0.05) is 24.8 Å². The molecule has 1 aliphatic heterocycles. The summed E-state index contributed by atoms with van der Waals surface area (Å²) in [5.41, 5.74) is -1.79. The van der Waals surface area contributed by atoms with Crippen LogP contribution in [0.5, 0.6) is 0 Å². The fraction of sp³-hybridized carbons (Fsp3) is 0.481. The first-order valence-corrected chi connectivity index (χ1v) is 12.3. The number of carboxylic acids is 1. The highest BCUT2D eigenvalue weighted by atomic mass is 19.4. The first-order chi connectivity index (χ1) is 19.2. The molecule has 0 aromatic heterocycles. The molecule has 4 rings (SSSR count). The number of carboxylic acid groups (broad SMARTS) is 1. The number of carbonyl (C=O) groups excluding carboxylic acids is 4. The second-order valence-corrected chi connectivity index (χ2v) is 10.0. The number of aliphatic carboxylic acids is 1. The van der Waals surface area contributed by atoms with Gasteiger partial charge < -0.3 is 19.4 Å². The SMILES string of the molecule is C=C(CC1(C)C(F)=CC=CC1F)C(=O)[O-].O=C(OC(F)(F)C(F)CC(F)(F)F)C1CC2C=CC1C2.O=C1C=CC(=O)O1. The van der Waals surface area contributed by atoms with Crippen molar-refractivity contribution in [3.63, 3.8) is 0 Å². The Bertz CT molecular complexity index is 1190. The Kier molecular flexibility index (Phi) is 11.0. The van der Waals surface area contributed by atoms with E-state index in [2.05, 4.69) is 16.1 Å². The third-order valence-electron chi connectivity index (χ3n) is 6.70. The van der Waals surface area contributed by atoms with Crippen molar-refractivity contribution >= 4 is 23.9 Å². The quantitative estimate of drug-likeness (QED) is 0.135. The van der Waals surface area contributed by atoms with Gasteiger partial charge in [-0.3, -0.25) is 4.79 Å². The van der Waals surface area contributed by atoms with Crippen LogP contribution < -0.4 is 5.11 Å². The molecule has 0 saturated heterocycles. The number of esters is 3. The van der Waals surface area contributed by atoms with Crippen LogP contribution in [-0.4, -0.2) is 48.5 Å². The van der Waals surface area contributed by atoms with Crippen LogP contribution in [0.3, 0.4) is 0 Å². The molecular formula is C27H25F8O7-. The van der Waals surface area contributed by atoms with Gasteiger partial charge in [0.05, 0.1) is 23.7 Å². The third-order valence-corrected chi connectivity index (χ3v) is 6.70. The van der Waals surface area contributed by atoms with Crippen LogP contribution >= 0.6 is 0 Å². The van der Waals surface area contributed by atoms with Gasteiger partial charge in [0.1, 0.15) is 12.0 Å². The van der Waals surface area contributed by atoms with Gasteiger partial charge in [0.15, 0.2) is 0 Å². The molecular weight excluding hydrogens is 588 g/mol. The first-order valence-electron chi connectivity index (χ1n) is 12.3. The summed E-state index contributed by atoms with van der Waals surface area (Å²) in [6.07, 6.45) is -7.43. The van der Waals surface area contributed by atoms with E-state index >= 15 is 0 Å². The van der Waals surface area contributed by atoms with Gasteiger partial charge in [-0.25, -0.2) is 22.8 Å². The second kappa shape index (κ2) is 13.5. The van der Waals surface area contributed by atoms with E-state index < -0.39 is 72.1 Å². The monoisotopic (exact) mass is 613 g/mol. The predicted molar refractivity (Wildman–Crippen MR) is 126 cm³/mol. The number of allylic oxidation sites excluding steroid dienone is 6. The highest BCUT2D eigenvalue weighted by molar-refractivity contribution is 6.04. The summed E-state index contributed by atoms with van der Waals surface area (Å²) in [4.78, 5) is 41.8. The van der Waals surface area contributed by atoms with Crippen LogP contribution in [-0.2, 0) is 28.7 Å². The summed E-state index contributed by atoms with van der Waals surface area (Å²) in [6, 6.07) is 0. The number of cyclic esters (lactones) is 2. The number of fused-ring (bicyclic) bond motifs is 2. The van der Waals surface area contributed by atoms with Crippen LogP contribution in [0.4, 0.5) is 35.1 Å². The highest BCUT2D eigenvalue weighted by Gasteiger charge is 2.52. The van der Waals surface area contributed by atoms with Crippen LogP contribution in [0.25, 0.3) is 0 Å². The van der Waals surface area contributed by atoms with Gasteiger partial charge in [-0.15, -0.1) is 0 Å². The Morgan fingerprint density at radius 1 is 1.12 bits per heavy atom. The van der Waals surface area contributed by atoms with E-state index in [0.717, 1.165) is 18.2 Å². The molecule has 15 heteroatoms. The van der Waals surface area contributed by atoms with E-state index in [1.165, 1.54) is 19.1 Å². The normalized spacial score (nSPS) is 28.2. The van der Waals surface area contributed by atoms with Gasteiger partial charge in [0.2, 0.25) is 6.17 Å². The Hall–Kier alpha value is -3.78. The maximum absolute atomic E-state index is 13.5. The number of ether oxygens (including phenoxy) is 2. The molecule has 0 spiro atoms. The lowest BCUT2D eigenvalue weighted by Crippen LogP contribution is -2.40. The molecule has 0 amide bonds. The van der Waals surface area contributed by atoms with Crippen LogP contribution in [0.1, 0.15) is 32.6 Å². The summed E-state index contributed by atoms with van der Waals surface area (Å²) in [5.74, 6) is -5.63. The smallest absolute Gasteiger partial charge is 0.432 e. The van der Waals surface area contributed by atoms with E-state index in [1.54, 1.807) is 6.08 Å². The largest absolute Gasteiger partial charge is 0.545 e. The Balaban J connectivity index is 0.000000245. The second-order valence-electron chi connectivity index (χ2n) is 10.0. The zero-order valence-corrected chi connectivity index (χ0v) is 21.8. The molecule has 1 saturated carbocycles. The number of carbonyl (C=O) groups is 4. The Morgan fingerprint density at radius 3 is 2.12 bits per heavy atom. The van der Waals surface area contributed by atoms with Crippen molar-refractivity contribution in [2.75, 3.05) is 0 Å². The van der Waals surface area contributed by atoms with E-state index in [9.17, 15) is 59.4 Å². The average molecular weight is 613 g/mol. The van der Waals surface area contributed by atoms with E-state index in [-0.39, 0.29) is 23.8 Å². The number of hydrogen-bond donors (Lipinski definition) is 0. The van der Waals surface area contributed by atoms with Crippen LogP contribution in [0.2, 0.25) is 0 Å². The lowest BCUT2D eigenvalue weighted by molar-refractivity contribution is -0.299. The predicted octanol–water partition coefficient (Wildman–Crippen LogP) is 4.70. The van der Waals surface area contributed by atoms with E-state index in [1.807, 2.05) is 6.08 Å². The maximum Gasteiger partial charge on any atom is 0.432 e. The molecule has 42 heavy (non-hydrogen) atoms. The number of hydrogen-bond acceptors (Lipinski definition) is 7. The Morgan fingerprint density at radius 2 is 1.71 bits per heavy atom. The van der Waals surface area contributed by atoms with Crippen LogP contribution in [0.15, 0.2) is 60.5 Å². The zero-order chi connectivity index (χ0) is 32.0. The molecule has 1 heterocycles. The van der Waals surface area contributed by atoms with Crippen molar-refractivity contribution < 1.29 is 68.9 Å². The minimum atomic E-state index is -5.09. The van der Waals surface area contributed by atoms with Crippen molar-refractivity contribution in [2.24, 2.45) is 23.2 Å². The topological polar surface area (TPSA) is 110 Å². The molecule has 0 radical (unpaired) electrons. The number of rotatable bonds is 7.